The molecule has 0 aliphatic carbocycles. The van der Waals surface area contributed by atoms with Crippen molar-refractivity contribution in [2.24, 2.45) is 0 Å². The molecule has 1 heterocycles. The quantitative estimate of drug-likeness (QED) is 0.500. The Morgan fingerprint density at radius 1 is 1.06 bits per heavy atom. The number of carbonyl (C=O) groups is 3. The molecule has 0 radical (unpaired) electrons. The van der Waals surface area contributed by atoms with E-state index in [1.165, 1.54) is 50.5 Å². The Morgan fingerprint density at radius 3 is 2.41 bits per heavy atom. The van der Waals surface area contributed by atoms with Crippen molar-refractivity contribution in [1.82, 2.24) is 9.21 Å². The number of amides is 2. The van der Waals surface area contributed by atoms with E-state index >= 15 is 0 Å². The van der Waals surface area contributed by atoms with Crippen molar-refractivity contribution in [2.75, 3.05) is 20.6 Å². The molecule has 170 valence electrons. The van der Waals surface area contributed by atoms with Gasteiger partial charge in [0.05, 0.1) is 10.5 Å². The Morgan fingerprint density at radius 2 is 1.75 bits per heavy atom. The van der Waals surface area contributed by atoms with Crippen LogP contribution >= 0.6 is 0 Å². The van der Waals surface area contributed by atoms with Gasteiger partial charge in [-0.3, -0.25) is 14.5 Å². The van der Waals surface area contributed by atoms with E-state index in [-0.39, 0.29) is 29.0 Å². The Bertz CT molecular complexity index is 1130. The van der Waals surface area contributed by atoms with Gasteiger partial charge in [-0.15, -0.1) is 0 Å². The first-order valence-electron chi connectivity index (χ1n) is 9.96. The fraction of sp³-hybridized carbons (Fsp3) is 0.318. The highest BCUT2D eigenvalue weighted by atomic mass is 32.2. The first-order chi connectivity index (χ1) is 15.1. The third-order valence-electron chi connectivity index (χ3n) is 5.07. The predicted octanol–water partition coefficient (Wildman–Crippen LogP) is 2.45. The molecule has 3 rings (SSSR count). The lowest BCUT2D eigenvalue weighted by Crippen LogP contribution is -2.43. The molecule has 1 fully saturated rings. The van der Waals surface area contributed by atoms with Gasteiger partial charge in [0, 0.05) is 26.2 Å². The average Bonchev–Trinajstić information content (AvgIpc) is 2.95. The molecule has 10 heteroatoms. The lowest BCUT2D eigenvalue weighted by Gasteiger charge is -2.23. The van der Waals surface area contributed by atoms with Crippen LogP contribution in [0.2, 0.25) is 0 Å². The number of benzene rings is 2. The van der Waals surface area contributed by atoms with Gasteiger partial charge in [-0.1, -0.05) is 6.07 Å². The zero-order valence-corrected chi connectivity index (χ0v) is 18.5. The van der Waals surface area contributed by atoms with Crippen LogP contribution in [0.25, 0.3) is 0 Å². The number of sulfonamides is 1. The van der Waals surface area contributed by atoms with Crippen molar-refractivity contribution in [1.29, 1.82) is 0 Å². The minimum absolute atomic E-state index is 0.0265. The summed E-state index contributed by atoms with van der Waals surface area (Å²) >= 11 is 0. The minimum atomic E-state index is -3.76. The van der Waals surface area contributed by atoms with E-state index in [4.69, 9.17) is 4.74 Å². The summed E-state index contributed by atoms with van der Waals surface area (Å²) in [4.78, 5) is 39.3. The summed E-state index contributed by atoms with van der Waals surface area (Å²) in [5.41, 5.74) is 0.120. The molecule has 0 saturated carbocycles. The van der Waals surface area contributed by atoms with Gasteiger partial charge in [-0.25, -0.2) is 21.9 Å². The number of carbonyl (C=O) groups excluding carboxylic acids is 3. The molecule has 0 bridgehead atoms. The van der Waals surface area contributed by atoms with Crippen LogP contribution in [0.1, 0.15) is 40.0 Å². The molecule has 0 unspecified atom stereocenters. The van der Waals surface area contributed by atoms with E-state index in [1.54, 1.807) is 0 Å². The van der Waals surface area contributed by atoms with Gasteiger partial charge in [0.25, 0.3) is 11.8 Å². The first-order valence-corrected chi connectivity index (χ1v) is 11.4. The summed E-state index contributed by atoms with van der Waals surface area (Å²) in [6.07, 6.45) is 0.117. The monoisotopic (exact) mass is 462 g/mol. The van der Waals surface area contributed by atoms with Gasteiger partial charge in [0.2, 0.25) is 10.0 Å². The lowest BCUT2D eigenvalue weighted by molar-refractivity contribution is -0.137. The maximum Gasteiger partial charge on any atom is 0.338 e. The molecule has 32 heavy (non-hydrogen) atoms. The largest absolute Gasteiger partial charge is 0.449 e. The lowest BCUT2D eigenvalue weighted by atomic mass is 10.1. The fourth-order valence-electron chi connectivity index (χ4n) is 3.26. The van der Waals surface area contributed by atoms with Crippen molar-refractivity contribution < 1.29 is 31.9 Å². The molecular formula is C22H23FN2O6S. The number of likely N-dealkylation sites (tertiary alicyclic amines) is 1. The number of esters is 1. The normalized spacial score (nSPS) is 17.2. The Hall–Kier alpha value is -3.11. The van der Waals surface area contributed by atoms with Gasteiger partial charge in [0.15, 0.2) is 6.10 Å². The van der Waals surface area contributed by atoms with Gasteiger partial charge in [-0.05, 0) is 61.7 Å². The highest BCUT2D eigenvalue weighted by Crippen LogP contribution is 2.21. The maximum atomic E-state index is 13.2. The van der Waals surface area contributed by atoms with E-state index in [0.717, 1.165) is 21.3 Å². The smallest absolute Gasteiger partial charge is 0.338 e. The van der Waals surface area contributed by atoms with Crippen LogP contribution in [0.15, 0.2) is 53.4 Å². The summed E-state index contributed by atoms with van der Waals surface area (Å²) in [5, 5.41) is 0. The van der Waals surface area contributed by atoms with Crippen LogP contribution in [0.5, 0.6) is 0 Å². The number of nitrogens with zero attached hydrogens (tertiary/aromatic N) is 2. The Kier molecular flexibility index (Phi) is 7.05. The van der Waals surface area contributed by atoms with Gasteiger partial charge in [-0.2, -0.15) is 0 Å². The highest BCUT2D eigenvalue weighted by molar-refractivity contribution is 7.89. The van der Waals surface area contributed by atoms with E-state index in [9.17, 15) is 27.2 Å². The molecule has 1 saturated heterocycles. The Balaban J connectivity index is 1.79. The molecule has 2 amide bonds. The number of rotatable bonds is 5. The van der Waals surface area contributed by atoms with Crippen LogP contribution < -0.4 is 0 Å². The minimum Gasteiger partial charge on any atom is -0.449 e. The van der Waals surface area contributed by atoms with Gasteiger partial charge in [0.1, 0.15) is 5.82 Å². The van der Waals surface area contributed by atoms with Crippen molar-refractivity contribution >= 4 is 27.8 Å². The summed E-state index contributed by atoms with van der Waals surface area (Å²) in [6.45, 7) is 0.152. The maximum absolute atomic E-state index is 13.2. The van der Waals surface area contributed by atoms with Crippen LogP contribution in [0.4, 0.5) is 4.39 Å². The summed E-state index contributed by atoms with van der Waals surface area (Å²) in [6, 6.07) is 10.2. The number of halogens is 1. The second kappa shape index (κ2) is 9.58. The average molecular weight is 462 g/mol. The molecule has 2 aromatic rings. The first kappa shape index (κ1) is 23.6. The second-order valence-electron chi connectivity index (χ2n) is 7.51. The van der Waals surface area contributed by atoms with E-state index in [2.05, 4.69) is 0 Å². The van der Waals surface area contributed by atoms with Crippen molar-refractivity contribution in [3.05, 3.63) is 65.5 Å². The summed E-state index contributed by atoms with van der Waals surface area (Å²) in [7, 11) is -1.01. The van der Waals surface area contributed by atoms with E-state index < -0.39 is 39.7 Å². The van der Waals surface area contributed by atoms with Crippen LogP contribution in [0.3, 0.4) is 0 Å². The zero-order chi connectivity index (χ0) is 23.5. The van der Waals surface area contributed by atoms with E-state index in [0.29, 0.717) is 12.8 Å². The molecule has 1 atom stereocenters. The zero-order valence-electron chi connectivity index (χ0n) is 17.7. The number of ether oxygens (including phenoxy) is 1. The van der Waals surface area contributed by atoms with Crippen LogP contribution in [-0.2, 0) is 19.6 Å². The highest BCUT2D eigenvalue weighted by Gasteiger charge is 2.34. The van der Waals surface area contributed by atoms with Crippen LogP contribution in [0, 0.1) is 5.82 Å². The molecule has 0 N–H and O–H groups in total. The van der Waals surface area contributed by atoms with Gasteiger partial charge >= 0.3 is 5.97 Å². The SMILES string of the molecule is CN(C)S(=O)(=O)c1cccc(C(=O)O[C@@H]2CCCCN(C(=O)c3ccc(F)cc3)C2=O)c1. The third-order valence-corrected chi connectivity index (χ3v) is 6.88. The molecule has 0 spiro atoms. The van der Waals surface area contributed by atoms with E-state index in [1.807, 2.05) is 0 Å². The topological polar surface area (TPSA) is 101 Å². The third kappa shape index (κ3) is 5.03. The Labute approximate surface area is 185 Å². The molecular weight excluding hydrogens is 439 g/mol. The van der Waals surface area contributed by atoms with Crippen LogP contribution in [-0.4, -0.2) is 62.2 Å². The second-order valence-corrected chi connectivity index (χ2v) is 9.66. The molecule has 1 aliphatic heterocycles. The summed E-state index contributed by atoms with van der Waals surface area (Å²) in [5.74, 6) is -2.64. The number of hydrogen-bond donors (Lipinski definition) is 0. The molecule has 2 aromatic carbocycles. The fourth-order valence-corrected chi connectivity index (χ4v) is 4.21. The predicted molar refractivity (Wildman–Crippen MR) is 113 cm³/mol. The molecule has 0 aromatic heterocycles. The summed E-state index contributed by atoms with van der Waals surface area (Å²) < 4.78 is 44.2. The van der Waals surface area contributed by atoms with Gasteiger partial charge < -0.3 is 4.74 Å². The molecule has 8 nitrogen and oxygen atoms in total. The van der Waals surface area contributed by atoms with Crippen molar-refractivity contribution in [3.8, 4) is 0 Å². The van der Waals surface area contributed by atoms with Crippen molar-refractivity contribution in [2.45, 2.75) is 30.3 Å². The van der Waals surface area contributed by atoms with Crippen molar-refractivity contribution in [3.63, 3.8) is 0 Å². The number of imide groups is 1. The number of hydrogen-bond acceptors (Lipinski definition) is 6. The standard InChI is InChI=1S/C22H23FN2O6S/c1-24(2)32(29,30)18-7-5-6-16(14-18)22(28)31-19-8-3-4-13-25(21(19)27)20(26)15-9-11-17(23)12-10-15/h5-7,9-12,14,19H,3-4,8,13H2,1-2H3/t19-/m1/s1. The molecule has 1 aliphatic rings.